The highest BCUT2D eigenvalue weighted by atomic mass is 32.2. The van der Waals surface area contributed by atoms with E-state index in [1.54, 1.807) is 42.8 Å². The molecule has 4 nitrogen and oxygen atoms in total. The van der Waals surface area contributed by atoms with E-state index in [2.05, 4.69) is 10.2 Å². The van der Waals surface area contributed by atoms with Crippen LogP contribution in [0.25, 0.3) is 11.4 Å². The third-order valence-corrected chi connectivity index (χ3v) is 5.87. The summed E-state index contributed by atoms with van der Waals surface area (Å²) >= 11 is 3.37. The smallest absolute Gasteiger partial charge is 0.191 e. The predicted octanol–water partition coefficient (Wildman–Crippen LogP) is 4.51. The second-order valence-electron chi connectivity index (χ2n) is 5.24. The van der Waals surface area contributed by atoms with Gasteiger partial charge in [0.1, 0.15) is 11.6 Å². The van der Waals surface area contributed by atoms with Gasteiger partial charge in [-0.1, -0.05) is 11.8 Å². The lowest BCUT2D eigenvalue weighted by Gasteiger charge is -2.05. The molecule has 0 radical (unpaired) electrons. The lowest BCUT2D eigenvalue weighted by atomic mass is 10.2. The maximum absolute atomic E-state index is 12.9. The molecule has 130 valence electrons. The number of aromatic nitrogens is 3. The van der Waals surface area contributed by atoms with E-state index < -0.39 is 0 Å². The Morgan fingerprint density at radius 1 is 0.960 bits per heavy atom. The summed E-state index contributed by atoms with van der Waals surface area (Å²) in [4.78, 5) is 1.07. The average Bonchev–Trinajstić information content (AvgIpc) is 3.01. The van der Waals surface area contributed by atoms with Crippen molar-refractivity contribution in [2.75, 3.05) is 18.6 Å². The molecule has 0 aliphatic carbocycles. The van der Waals surface area contributed by atoms with Gasteiger partial charge in [0, 0.05) is 29.0 Å². The van der Waals surface area contributed by atoms with Crippen LogP contribution >= 0.6 is 23.5 Å². The van der Waals surface area contributed by atoms with Gasteiger partial charge >= 0.3 is 0 Å². The summed E-state index contributed by atoms with van der Waals surface area (Å²) in [5.74, 6) is 3.26. The quantitative estimate of drug-likeness (QED) is 0.449. The highest BCUT2D eigenvalue weighted by Crippen LogP contribution is 2.26. The van der Waals surface area contributed by atoms with Crippen LogP contribution in [0.1, 0.15) is 0 Å². The Balaban J connectivity index is 1.56. The summed E-state index contributed by atoms with van der Waals surface area (Å²) in [5, 5.41) is 9.45. The maximum atomic E-state index is 12.9. The number of ether oxygens (including phenoxy) is 1. The lowest BCUT2D eigenvalue weighted by Crippen LogP contribution is -1.96. The molecular weight excluding hydrogens is 357 g/mol. The van der Waals surface area contributed by atoms with E-state index >= 15 is 0 Å². The number of nitrogens with zero attached hydrogens (tertiary/aromatic N) is 3. The van der Waals surface area contributed by atoms with Crippen LogP contribution in [0.3, 0.4) is 0 Å². The van der Waals surface area contributed by atoms with Crippen LogP contribution in [-0.4, -0.2) is 33.4 Å². The molecule has 0 N–H and O–H groups in total. The van der Waals surface area contributed by atoms with Crippen molar-refractivity contribution in [2.24, 2.45) is 7.05 Å². The Morgan fingerprint density at radius 3 is 2.32 bits per heavy atom. The van der Waals surface area contributed by atoms with Gasteiger partial charge in [-0.25, -0.2) is 4.39 Å². The molecule has 0 saturated carbocycles. The van der Waals surface area contributed by atoms with Crippen molar-refractivity contribution < 1.29 is 9.13 Å². The normalized spacial score (nSPS) is 10.8. The minimum atomic E-state index is -0.205. The van der Waals surface area contributed by atoms with Gasteiger partial charge in [0.25, 0.3) is 0 Å². The first-order valence-corrected chi connectivity index (χ1v) is 9.69. The van der Waals surface area contributed by atoms with E-state index in [1.807, 2.05) is 35.9 Å². The largest absolute Gasteiger partial charge is 0.497 e. The van der Waals surface area contributed by atoms with Crippen LogP contribution < -0.4 is 4.74 Å². The van der Waals surface area contributed by atoms with E-state index in [-0.39, 0.29) is 5.82 Å². The van der Waals surface area contributed by atoms with Gasteiger partial charge in [0.2, 0.25) is 0 Å². The van der Waals surface area contributed by atoms with Gasteiger partial charge in [0.05, 0.1) is 7.11 Å². The van der Waals surface area contributed by atoms with Gasteiger partial charge in [-0.05, 0) is 48.5 Å². The minimum Gasteiger partial charge on any atom is -0.497 e. The molecule has 25 heavy (non-hydrogen) atoms. The van der Waals surface area contributed by atoms with E-state index in [9.17, 15) is 4.39 Å². The van der Waals surface area contributed by atoms with Crippen LogP contribution in [0, 0.1) is 5.82 Å². The van der Waals surface area contributed by atoms with Gasteiger partial charge in [-0.15, -0.1) is 22.0 Å². The fourth-order valence-electron chi connectivity index (χ4n) is 2.26. The summed E-state index contributed by atoms with van der Waals surface area (Å²) < 4.78 is 20.1. The van der Waals surface area contributed by atoms with Crippen LogP contribution in [0.4, 0.5) is 4.39 Å². The molecule has 2 aromatic carbocycles. The Bertz CT molecular complexity index is 819. The number of rotatable bonds is 7. The Hall–Kier alpha value is -1.99. The molecule has 7 heteroatoms. The van der Waals surface area contributed by atoms with Crippen molar-refractivity contribution >= 4 is 23.5 Å². The molecule has 3 aromatic rings. The standard InChI is InChI=1S/C18H18FN3OS2/c1-22-17(13-3-7-15(23-2)8-4-13)20-21-18(22)25-12-11-24-16-9-5-14(19)6-10-16/h3-10H,11-12H2,1-2H3. The SMILES string of the molecule is COc1ccc(-c2nnc(SCCSc3ccc(F)cc3)n2C)cc1. The molecule has 0 bridgehead atoms. The molecular formula is C18H18FN3OS2. The number of thioether (sulfide) groups is 2. The molecule has 1 aromatic heterocycles. The van der Waals surface area contributed by atoms with E-state index in [0.717, 1.165) is 38.7 Å². The van der Waals surface area contributed by atoms with Gasteiger partial charge < -0.3 is 9.30 Å². The highest BCUT2D eigenvalue weighted by Gasteiger charge is 2.11. The second kappa shape index (κ2) is 8.40. The Labute approximate surface area is 154 Å². The zero-order chi connectivity index (χ0) is 17.6. The fraction of sp³-hybridized carbons (Fsp3) is 0.222. The third-order valence-electron chi connectivity index (χ3n) is 3.58. The number of halogens is 1. The number of hydrogen-bond donors (Lipinski definition) is 0. The van der Waals surface area contributed by atoms with Crippen LogP contribution in [0.2, 0.25) is 0 Å². The Kier molecular flexibility index (Phi) is 5.99. The van der Waals surface area contributed by atoms with Crippen molar-refractivity contribution in [1.82, 2.24) is 14.8 Å². The molecule has 3 rings (SSSR count). The molecule has 0 unspecified atom stereocenters. The maximum Gasteiger partial charge on any atom is 0.191 e. The summed E-state index contributed by atoms with van der Waals surface area (Å²) in [7, 11) is 3.62. The Morgan fingerprint density at radius 2 is 1.64 bits per heavy atom. The third kappa shape index (κ3) is 4.55. The summed E-state index contributed by atoms with van der Waals surface area (Å²) in [6.45, 7) is 0. The van der Waals surface area contributed by atoms with Gasteiger partial charge in [-0.2, -0.15) is 0 Å². The van der Waals surface area contributed by atoms with E-state index in [0.29, 0.717) is 0 Å². The van der Waals surface area contributed by atoms with Crippen LogP contribution in [0.5, 0.6) is 5.75 Å². The van der Waals surface area contributed by atoms with Crippen molar-refractivity contribution in [3.63, 3.8) is 0 Å². The van der Waals surface area contributed by atoms with E-state index in [1.165, 1.54) is 12.1 Å². The summed E-state index contributed by atoms with van der Waals surface area (Å²) in [6, 6.07) is 14.3. The molecule has 0 amide bonds. The van der Waals surface area contributed by atoms with Crippen LogP contribution in [0.15, 0.2) is 58.6 Å². The lowest BCUT2D eigenvalue weighted by molar-refractivity contribution is 0.415. The van der Waals surface area contributed by atoms with E-state index in [4.69, 9.17) is 4.74 Å². The van der Waals surface area contributed by atoms with Crippen molar-refractivity contribution in [1.29, 1.82) is 0 Å². The molecule has 0 aliphatic rings. The minimum absolute atomic E-state index is 0.205. The molecule has 0 fully saturated rings. The molecule has 1 heterocycles. The zero-order valence-electron chi connectivity index (χ0n) is 14.0. The van der Waals surface area contributed by atoms with Crippen molar-refractivity contribution in [3.8, 4) is 17.1 Å². The molecule has 0 atom stereocenters. The van der Waals surface area contributed by atoms with Crippen molar-refractivity contribution in [2.45, 2.75) is 10.1 Å². The molecule has 0 spiro atoms. The number of hydrogen-bond acceptors (Lipinski definition) is 5. The highest BCUT2D eigenvalue weighted by molar-refractivity contribution is 8.02. The van der Waals surface area contributed by atoms with Gasteiger partial charge in [0.15, 0.2) is 11.0 Å². The number of methoxy groups -OCH3 is 1. The van der Waals surface area contributed by atoms with Crippen LogP contribution in [-0.2, 0) is 7.05 Å². The zero-order valence-corrected chi connectivity index (χ0v) is 15.6. The number of benzene rings is 2. The predicted molar refractivity (Wildman–Crippen MR) is 101 cm³/mol. The van der Waals surface area contributed by atoms with Gasteiger partial charge in [-0.3, -0.25) is 0 Å². The fourth-order valence-corrected chi connectivity index (χ4v) is 4.05. The topological polar surface area (TPSA) is 39.9 Å². The first-order chi connectivity index (χ1) is 12.2. The molecule has 0 saturated heterocycles. The monoisotopic (exact) mass is 375 g/mol. The first-order valence-electron chi connectivity index (χ1n) is 7.72. The average molecular weight is 375 g/mol. The first kappa shape index (κ1) is 17.8. The van der Waals surface area contributed by atoms with Crippen molar-refractivity contribution in [3.05, 3.63) is 54.3 Å². The second-order valence-corrected chi connectivity index (χ2v) is 7.47. The molecule has 0 aliphatic heterocycles. The summed E-state index contributed by atoms with van der Waals surface area (Å²) in [6.07, 6.45) is 0. The summed E-state index contributed by atoms with van der Waals surface area (Å²) in [5.41, 5.74) is 1.00.